The Morgan fingerprint density at radius 2 is 1.62 bits per heavy atom. The average Bonchev–Trinajstić information content (AvgIpc) is 3.50. The molecule has 0 aliphatic carbocycles. The van der Waals surface area contributed by atoms with E-state index in [1.54, 1.807) is 20.8 Å². The van der Waals surface area contributed by atoms with E-state index in [4.69, 9.17) is 14.2 Å². The zero-order valence-electron chi connectivity index (χ0n) is 23.0. The van der Waals surface area contributed by atoms with Gasteiger partial charge >= 0.3 is 18.0 Å². The number of amides is 1. The van der Waals surface area contributed by atoms with E-state index >= 15 is 0 Å². The Morgan fingerprint density at radius 3 is 2.23 bits per heavy atom. The fourth-order valence-electron chi connectivity index (χ4n) is 3.67. The minimum atomic E-state index is -0.858. The Labute approximate surface area is 226 Å². The van der Waals surface area contributed by atoms with Crippen LogP contribution in [0.25, 0.3) is 0 Å². The molecule has 0 aromatic heterocycles. The number of hydrogen-bond donors (Lipinski definition) is 1. The van der Waals surface area contributed by atoms with E-state index in [-0.39, 0.29) is 25.6 Å². The van der Waals surface area contributed by atoms with Crippen molar-refractivity contribution in [3.63, 3.8) is 0 Å². The molecule has 1 amide bonds. The molecule has 16 nitrogen and oxygen atoms in total. The van der Waals surface area contributed by atoms with Crippen LogP contribution in [0.1, 0.15) is 72.6 Å². The van der Waals surface area contributed by atoms with Gasteiger partial charge in [-0.2, -0.15) is 0 Å². The van der Waals surface area contributed by atoms with Crippen LogP contribution in [-0.2, 0) is 33.5 Å². The Morgan fingerprint density at radius 1 is 0.974 bits per heavy atom. The number of esters is 2. The van der Waals surface area contributed by atoms with Gasteiger partial charge in [-0.25, -0.2) is 9.59 Å². The highest BCUT2D eigenvalue weighted by molar-refractivity contribution is 5.82. The average molecular weight is 565 g/mol. The third-order valence-electron chi connectivity index (χ3n) is 5.48. The Hall–Kier alpha value is -3.43. The molecule has 2 saturated heterocycles. The van der Waals surface area contributed by atoms with Crippen molar-refractivity contribution in [3.05, 3.63) is 20.2 Å². The summed E-state index contributed by atoms with van der Waals surface area (Å²) in [7, 11) is 0. The lowest BCUT2D eigenvalue weighted by Gasteiger charge is -2.27. The van der Waals surface area contributed by atoms with Gasteiger partial charge in [0.1, 0.15) is 23.8 Å². The Kier molecular flexibility index (Phi) is 14.8. The van der Waals surface area contributed by atoms with Gasteiger partial charge in [0.25, 0.3) is 10.2 Å². The van der Waals surface area contributed by atoms with E-state index in [2.05, 4.69) is 15.0 Å². The summed E-state index contributed by atoms with van der Waals surface area (Å²) in [4.78, 5) is 65.5. The number of carbonyl (C=O) groups excluding carboxylic acids is 3. The fraction of sp³-hybridized carbons (Fsp3) is 0.870. The van der Waals surface area contributed by atoms with Crippen LogP contribution in [0.15, 0.2) is 0 Å². The predicted molar refractivity (Wildman–Crippen MR) is 133 cm³/mol. The molecule has 3 atom stereocenters. The molecule has 0 aromatic rings. The van der Waals surface area contributed by atoms with Crippen LogP contribution in [0, 0.1) is 20.2 Å². The summed E-state index contributed by atoms with van der Waals surface area (Å²) in [6.07, 6.45) is 3.12. The normalized spacial score (nSPS) is 20.3. The monoisotopic (exact) mass is 564 g/mol. The van der Waals surface area contributed by atoms with Crippen LogP contribution in [0.5, 0.6) is 0 Å². The molecule has 1 N–H and O–H groups in total. The van der Waals surface area contributed by atoms with Crippen molar-refractivity contribution in [2.45, 2.75) is 96.4 Å². The van der Waals surface area contributed by atoms with Gasteiger partial charge in [-0.1, -0.05) is 13.3 Å². The number of ether oxygens (including phenoxy) is 3. The molecule has 2 heterocycles. The summed E-state index contributed by atoms with van der Waals surface area (Å²) in [5.41, 5.74) is -0.620. The molecule has 2 aliphatic rings. The SMILES string of the molecule is CC(C)(C)OC(=O)N1CCCC1C(=O)OCCCCO[N+](=O)[O-].CCCCOC(=O)C1CC(O[N+](=O)[O-])CN1. The van der Waals surface area contributed by atoms with Gasteiger partial charge < -0.3 is 29.2 Å². The first kappa shape index (κ1) is 33.6. The Bertz CT molecular complexity index is 819. The Balaban J connectivity index is 0.000000416. The highest BCUT2D eigenvalue weighted by Gasteiger charge is 2.37. The summed E-state index contributed by atoms with van der Waals surface area (Å²) >= 11 is 0. The lowest BCUT2D eigenvalue weighted by atomic mass is 10.2. The largest absolute Gasteiger partial charge is 0.465 e. The van der Waals surface area contributed by atoms with Gasteiger partial charge in [0.15, 0.2) is 0 Å². The van der Waals surface area contributed by atoms with Crippen molar-refractivity contribution in [2.24, 2.45) is 0 Å². The van der Waals surface area contributed by atoms with E-state index < -0.39 is 46.0 Å². The van der Waals surface area contributed by atoms with Gasteiger partial charge in [0.2, 0.25) is 0 Å². The minimum absolute atomic E-state index is 0.0297. The lowest BCUT2D eigenvalue weighted by molar-refractivity contribution is -0.767. The van der Waals surface area contributed by atoms with Crippen molar-refractivity contribution in [1.82, 2.24) is 10.2 Å². The molecule has 0 aromatic carbocycles. The molecule has 224 valence electrons. The predicted octanol–water partition coefficient (Wildman–Crippen LogP) is 2.19. The molecule has 2 fully saturated rings. The highest BCUT2D eigenvalue weighted by atomic mass is 17.0. The second-order valence-corrected chi connectivity index (χ2v) is 9.93. The number of rotatable bonds is 13. The first-order valence-corrected chi connectivity index (χ1v) is 13.0. The van der Waals surface area contributed by atoms with Crippen LogP contribution in [-0.4, -0.2) is 89.8 Å². The van der Waals surface area contributed by atoms with Crippen LogP contribution in [0.3, 0.4) is 0 Å². The smallest absolute Gasteiger partial charge is 0.411 e. The molecular formula is C23H40N4O12. The first-order valence-electron chi connectivity index (χ1n) is 13.0. The summed E-state index contributed by atoms with van der Waals surface area (Å²) in [5, 5.41) is 21.2. The number of nitrogens with zero attached hydrogens (tertiary/aromatic N) is 3. The lowest BCUT2D eigenvalue weighted by Crippen LogP contribution is -2.44. The first-order chi connectivity index (χ1) is 18.3. The standard InChI is InChI=1S/C14H24N2O7.C9H16N2O5/c1-14(2,3)23-13(18)15-8-6-7-11(15)12(17)21-9-4-5-10-22-16(19)20;1-2-3-4-15-9(12)8-5-7(6-10-8)16-11(13)14/h11H,4-10H2,1-3H3;7-8,10H,2-6H2,1H3. The van der Waals surface area contributed by atoms with Crippen LogP contribution >= 0.6 is 0 Å². The van der Waals surface area contributed by atoms with Crippen molar-refractivity contribution in [3.8, 4) is 0 Å². The highest BCUT2D eigenvalue weighted by Crippen LogP contribution is 2.22. The van der Waals surface area contributed by atoms with Crippen LogP contribution < -0.4 is 5.32 Å². The number of nitrogens with one attached hydrogen (secondary N) is 1. The number of carbonyl (C=O) groups is 3. The summed E-state index contributed by atoms with van der Waals surface area (Å²) in [6.45, 7) is 8.57. The molecule has 2 aliphatic heterocycles. The molecule has 0 bridgehead atoms. The molecule has 0 saturated carbocycles. The zero-order chi connectivity index (χ0) is 29.4. The maximum absolute atomic E-state index is 12.1. The third-order valence-corrected chi connectivity index (χ3v) is 5.48. The minimum Gasteiger partial charge on any atom is -0.465 e. The topological polar surface area (TPSA) is 199 Å². The van der Waals surface area contributed by atoms with Crippen molar-refractivity contribution < 1.29 is 48.4 Å². The summed E-state index contributed by atoms with van der Waals surface area (Å²) in [5.74, 6) is -0.827. The summed E-state index contributed by atoms with van der Waals surface area (Å²) in [6, 6.07) is -1.11. The van der Waals surface area contributed by atoms with Crippen LogP contribution in [0.2, 0.25) is 0 Å². The molecule has 0 radical (unpaired) electrons. The van der Waals surface area contributed by atoms with E-state index in [9.17, 15) is 34.6 Å². The van der Waals surface area contributed by atoms with E-state index in [0.717, 1.165) is 19.3 Å². The molecule has 2 rings (SSSR count). The number of hydrogen-bond acceptors (Lipinski definition) is 13. The third kappa shape index (κ3) is 14.3. The molecular weight excluding hydrogens is 524 g/mol. The zero-order valence-corrected chi connectivity index (χ0v) is 23.0. The molecule has 16 heteroatoms. The van der Waals surface area contributed by atoms with Gasteiger partial charge in [0.05, 0.1) is 19.8 Å². The van der Waals surface area contributed by atoms with Crippen molar-refractivity contribution in [2.75, 3.05) is 32.9 Å². The van der Waals surface area contributed by atoms with Gasteiger partial charge in [0, 0.05) is 19.5 Å². The van der Waals surface area contributed by atoms with Crippen molar-refractivity contribution in [1.29, 1.82) is 0 Å². The number of unbranched alkanes of at least 4 members (excludes halogenated alkanes) is 2. The van der Waals surface area contributed by atoms with Gasteiger partial charge in [-0.3, -0.25) is 9.69 Å². The number of likely N-dealkylation sites (tertiary alicyclic amines) is 1. The van der Waals surface area contributed by atoms with E-state index in [1.165, 1.54) is 4.90 Å². The van der Waals surface area contributed by atoms with Gasteiger partial charge in [-0.05, 0) is 52.9 Å². The quantitative estimate of drug-likeness (QED) is 0.112. The van der Waals surface area contributed by atoms with Gasteiger partial charge in [-0.15, -0.1) is 20.2 Å². The van der Waals surface area contributed by atoms with E-state index in [0.29, 0.717) is 39.0 Å². The maximum Gasteiger partial charge on any atom is 0.411 e. The van der Waals surface area contributed by atoms with E-state index in [1.807, 2.05) is 6.92 Å². The second-order valence-electron chi connectivity index (χ2n) is 9.93. The second kappa shape index (κ2) is 17.2. The molecule has 3 unspecified atom stereocenters. The van der Waals surface area contributed by atoms with Crippen molar-refractivity contribution >= 4 is 18.0 Å². The summed E-state index contributed by atoms with van der Waals surface area (Å²) < 4.78 is 15.4. The fourth-order valence-corrected chi connectivity index (χ4v) is 3.67. The molecule has 39 heavy (non-hydrogen) atoms. The molecule has 0 spiro atoms. The van der Waals surface area contributed by atoms with Crippen LogP contribution in [0.4, 0.5) is 4.79 Å². The maximum atomic E-state index is 12.1.